The SMILES string of the molecule is CC.Cc1cccc(F)c1C1=NC(C)(C)CO1. The van der Waals surface area contributed by atoms with Gasteiger partial charge in [-0.1, -0.05) is 26.0 Å². The number of halogens is 1. The van der Waals surface area contributed by atoms with Gasteiger partial charge in [0, 0.05) is 0 Å². The number of hydrogen-bond acceptors (Lipinski definition) is 2. The summed E-state index contributed by atoms with van der Waals surface area (Å²) in [6, 6.07) is 4.98. The van der Waals surface area contributed by atoms with Crippen molar-refractivity contribution in [2.24, 2.45) is 4.99 Å². The number of ether oxygens (including phenoxy) is 1. The molecule has 0 bridgehead atoms. The zero-order valence-corrected chi connectivity index (χ0v) is 11.2. The molecular formula is C14H20FNO. The van der Waals surface area contributed by atoms with Gasteiger partial charge in [-0.3, -0.25) is 0 Å². The summed E-state index contributed by atoms with van der Waals surface area (Å²) in [5.41, 5.74) is 1.10. The third-order valence-electron chi connectivity index (χ3n) is 2.40. The van der Waals surface area contributed by atoms with E-state index in [0.29, 0.717) is 18.1 Å². The molecule has 2 rings (SSSR count). The molecule has 2 nitrogen and oxygen atoms in total. The smallest absolute Gasteiger partial charge is 0.220 e. The van der Waals surface area contributed by atoms with E-state index in [4.69, 9.17) is 4.74 Å². The molecule has 0 N–H and O–H groups in total. The van der Waals surface area contributed by atoms with Crippen LogP contribution >= 0.6 is 0 Å². The number of nitrogens with zero attached hydrogens (tertiary/aromatic N) is 1. The maximum atomic E-state index is 13.6. The zero-order chi connectivity index (χ0) is 13.1. The zero-order valence-electron chi connectivity index (χ0n) is 11.2. The highest BCUT2D eigenvalue weighted by Gasteiger charge is 2.29. The molecular weight excluding hydrogens is 217 g/mol. The quantitative estimate of drug-likeness (QED) is 0.729. The summed E-state index contributed by atoms with van der Waals surface area (Å²) in [6.45, 7) is 10.3. The van der Waals surface area contributed by atoms with E-state index in [1.807, 2.05) is 40.7 Å². The first kappa shape index (κ1) is 13.7. The van der Waals surface area contributed by atoms with Crippen LogP contribution < -0.4 is 0 Å². The van der Waals surface area contributed by atoms with E-state index in [2.05, 4.69) is 4.99 Å². The number of benzene rings is 1. The number of rotatable bonds is 1. The number of aliphatic imine (C=N–C) groups is 1. The largest absolute Gasteiger partial charge is 0.475 e. The van der Waals surface area contributed by atoms with E-state index in [1.54, 1.807) is 6.07 Å². The van der Waals surface area contributed by atoms with Crippen LogP contribution in [0, 0.1) is 12.7 Å². The minimum atomic E-state index is -0.272. The lowest BCUT2D eigenvalue weighted by Crippen LogP contribution is -2.17. The Kier molecular flexibility index (Phi) is 4.27. The molecule has 0 fully saturated rings. The van der Waals surface area contributed by atoms with Gasteiger partial charge in [-0.2, -0.15) is 0 Å². The summed E-state index contributed by atoms with van der Waals surface area (Å²) >= 11 is 0. The van der Waals surface area contributed by atoms with Gasteiger partial charge in [0.15, 0.2) is 0 Å². The van der Waals surface area contributed by atoms with Crippen molar-refractivity contribution >= 4 is 5.90 Å². The van der Waals surface area contributed by atoms with Crippen LogP contribution in [0.2, 0.25) is 0 Å². The van der Waals surface area contributed by atoms with E-state index in [9.17, 15) is 4.39 Å². The Hall–Kier alpha value is -1.38. The van der Waals surface area contributed by atoms with Crippen LogP contribution in [-0.2, 0) is 4.74 Å². The third kappa shape index (κ3) is 3.05. The normalized spacial score (nSPS) is 16.7. The first-order valence-electron chi connectivity index (χ1n) is 5.98. The number of aryl methyl sites for hydroxylation is 1. The van der Waals surface area contributed by atoms with Gasteiger partial charge >= 0.3 is 0 Å². The van der Waals surface area contributed by atoms with E-state index in [1.165, 1.54) is 6.07 Å². The summed E-state index contributed by atoms with van der Waals surface area (Å²) in [4.78, 5) is 4.37. The van der Waals surface area contributed by atoms with Gasteiger partial charge < -0.3 is 4.74 Å². The molecule has 0 aliphatic carbocycles. The molecule has 0 radical (unpaired) electrons. The molecule has 0 atom stereocenters. The first-order valence-corrected chi connectivity index (χ1v) is 5.98. The van der Waals surface area contributed by atoms with Crippen molar-refractivity contribution in [3.63, 3.8) is 0 Å². The lowest BCUT2D eigenvalue weighted by atomic mass is 10.1. The van der Waals surface area contributed by atoms with Crippen LogP contribution in [0.25, 0.3) is 0 Å². The van der Waals surface area contributed by atoms with Crippen LogP contribution in [-0.4, -0.2) is 18.0 Å². The average molecular weight is 237 g/mol. The van der Waals surface area contributed by atoms with Crippen molar-refractivity contribution < 1.29 is 9.13 Å². The maximum absolute atomic E-state index is 13.6. The molecule has 94 valence electrons. The fourth-order valence-electron chi connectivity index (χ4n) is 1.62. The summed E-state index contributed by atoms with van der Waals surface area (Å²) < 4.78 is 19.0. The lowest BCUT2D eigenvalue weighted by molar-refractivity contribution is 0.279. The standard InChI is InChI=1S/C12H14FNO.C2H6/c1-8-5-4-6-9(13)10(8)11-14-12(2,3)7-15-11;1-2/h4-6H,7H2,1-3H3;1-2H3. The second kappa shape index (κ2) is 5.30. The minimum Gasteiger partial charge on any atom is -0.475 e. The predicted molar refractivity (Wildman–Crippen MR) is 69.1 cm³/mol. The Morgan fingerprint density at radius 1 is 1.29 bits per heavy atom. The second-order valence-corrected chi connectivity index (χ2v) is 4.45. The van der Waals surface area contributed by atoms with Crippen molar-refractivity contribution in [2.45, 2.75) is 40.2 Å². The van der Waals surface area contributed by atoms with Crippen molar-refractivity contribution in [1.82, 2.24) is 0 Å². The Balaban J connectivity index is 0.000000686. The Morgan fingerprint density at radius 3 is 2.41 bits per heavy atom. The van der Waals surface area contributed by atoms with Crippen molar-refractivity contribution in [3.8, 4) is 0 Å². The molecule has 0 spiro atoms. The Labute approximate surface area is 103 Å². The summed E-state index contributed by atoms with van der Waals surface area (Å²) in [6.07, 6.45) is 0. The molecule has 1 aromatic carbocycles. The molecule has 17 heavy (non-hydrogen) atoms. The first-order chi connectivity index (χ1) is 7.99. The van der Waals surface area contributed by atoms with Gasteiger partial charge in [0.2, 0.25) is 5.90 Å². The van der Waals surface area contributed by atoms with E-state index >= 15 is 0 Å². The summed E-state index contributed by atoms with van der Waals surface area (Å²) in [7, 11) is 0. The molecule has 0 aromatic heterocycles. The van der Waals surface area contributed by atoms with Gasteiger partial charge in [0.05, 0.1) is 11.1 Å². The van der Waals surface area contributed by atoms with Crippen molar-refractivity contribution in [1.29, 1.82) is 0 Å². The molecule has 0 saturated carbocycles. The third-order valence-corrected chi connectivity index (χ3v) is 2.40. The summed E-state index contributed by atoms with van der Waals surface area (Å²) in [5, 5.41) is 0. The van der Waals surface area contributed by atoms with Crippen LogP contribution in [0.3, 0.4) is 0 Å². The van der Waals surface area contributed by atoms with Gasteiger partial charge in [-0.05, 0) is 32.4 Å². The summed E-state index contributed by atoms with van der Waals surface area (Å²) in [5.74, 6) is 0.155. The highest BCUT2D eigenvalue weighted by molar-refractivity contribution is 5.97. The van der Waals surface area contributed by atoms with Gasteiger partial charge in [0.1, 0.15) is 12.4 Å². The highest BCUT2D eigenvalue weighted by atomic mass is 19.1. The van der Waals surface area contributed by atoms with Gasteiger partial charge in [0.25, 0.3) is 0 Å². The van der Waals surface area contributed by atoms with Gasteiger partial charge in [-0.15, -0.1) is 0 Å². The highest BCUT2D eigenvalue weighted by Crippen LogP contribution is 2.23. The second-order valence-electron chi connectivity index (χ2n) is 4.45. The molecule has 0 amide bonds. The monoisotopic (exact) mass is 237 g/mol. The predicted octanol–water partition coefficient (Wildman–Crippen LogP) is 3.72. The fourth-order valence-corrected chi connectivity index (χ4v) is 1.62. The van der Waals surface area contributed by atoms with Crippen LogP contribution in [0.4, 0.5) is 4.39 Å². The number of hydrogen-bond donors (Lipinski definition) is 0. The molecule has 1 heterocycles. The Morgan fingerprint density at radius 2 is 1.94 bits per heavy atom. The van der Waals surface area contributed by atoms with Crippen LogP contribution in [0.1, 0.15) is 38.8 Å². The lowest BCUT2D eigenvalue weighted by Gasteiger charge is -2.07. The topological polar surface area (TPSA) is 21.6 Å². The molecule has 0 saturated heterocycles. The molecule has 3 heteroatoms. The minimum absolute atomic E-state index is 0.246. The molecule has 1 aromatic rings. The van der Waals surface area contributed by atoms with Crippen molar-refractivity contribution in [2.75, 3.05) is 6.61 Å². The van der Waals surface area contributed by atoms with Crippen molar-refractivity contribution in [3.05, 3.63) is 35.1 Å². The van der Waals surface area contributed by atoms with Gasteiger partial charge in [-0.25, -0.2) is 9.38 Å². The molecule has 1 aliphatic heterocycles. The molecule has 0 unspecified atom stereocenters. The van der Waals surface area contributed by atoms with E-state index in [-0.39, 0.29) is 11.4 Å². The Bertz CT molecular complexity index is 404. The average Bonchev–Trinajstić information content (AvgIpc) is 2.61. The molecule has 1 aliphatic rings. The van der Waals surface area contributed by atoms with Crippen LogP contribution in [0.15, 0.2) is 23.2 Å². The fraction of sp³-hybridized carbons (Fsp3) is 0.500. The van der Waals surface area contributed by atoms with E-state index < -0.39 is 0 Å². The van der Waals surface area contributed by atoms with Crippen LogP contribution in [0.5, 0.6) is 0 Å². The van der Waals surface area contributed by atoms with E-state index in [0.717, 1.165) is 5.56 Å². The maximum Gasteiger partial charge on any atom is 0.220 e.